The second-order valence-corrected chi connectivity index (χ2v) is 8.69. The number of benzene rings is 2. The van der Waals surface area contributed by atoms with Gasteiger partial charge in [0.05, 0.1) is 0 Å². The number of anilines is 1. The lowest BCUT2D eigenvalue weighted by Crippen LogP contribution is -2.56. The standard InChI is InChI=1S/C24H24ClN3O2S/c1-3-15(2)28-23(30)19(22(29)26-24(28)31)13-16-8-9-21-17(12-16)10-11-27(21)14-18-6-4-5-7-20(18)25/h4-9,12-13,15H,3,10-11,14H2,1-2H3,(H,26,29,31)/b19-13-/t15-/m0/s1. The molecule has 2 aromatic carbocycles. The van der Waals surface area contributed by atoms with Crippen LogP contribution in [0.25, 0.3) is 6.08 Å². The van der Waals surface area contributed by atoms with Gasteiger partial charge >= 0.3 is 0 Å². The minimum Gasteiger partial charge on any atom is -0.367 e. The SMILES string of the molecule is CC[C@H](C)N1C(=O)/C(=C\c2ccc3c(c2)CCN3Cc2ccccc2Cl)C(=O)NC1=S. The molecule has 2 heterocycles. The van der Waals surface area contributed by atoms with Crippen LogP contribution in [0.3, 0.4) is 0 Å². The van der Waals surface area contributed by atoms with Crippen LogP contribution in [0.15, 0.2) is 48.0 Å². The fourth-order valence-electron chi connectivity index (χ4n) is 4.00. The Balaban J connectivity index is 1.59. The number of fused-ring (bicyclic) bond motifs is 1. The van der Waals surface area contributed by atoms with E-state index >= 15 is 0 Å². The van der Waals surface area contributed by atoms with Crippen molar-refractivity contribution < 1.29 is 9.59 Å². The number of hydrogen-bond acceptors (Lipinski definition) is 4. The molecule has 0 aliphatic carbocycles. The summed E-state index contributed by atoms with van der Waals surface area (Å²) in [7, 11) is 0. The Labute approximate surface area is 192 Å². The van der Waals surface area contributed by atoms with Gasteiger partial charge in [-0.05, 0) is 72.9 Å². The highest BCUT2D eigenvalue weighted by atomic mass is 35.5. The number of rotatable bonds is 5. The van der Waals surface area contributed by atoms with Gasteiger partial charge in [0.1, 0.15) is 5.57 Å². The van der Waals surface area contributed by atoms with Crippen molar-refractivity contribution in [3.8, 4) is 0 Å². The van der Waals surface area contributed by atoms with Crippen LogP contribution in [-0.4, -0.2) is 34.4 Å². The lowest BCUT2D eigenvalue weighted by Gasteiger charge is -2.33. The predicted molar refractivity (Wildman–Crippen MR) is 128 cm³/mol. The number of amides is 2. The Kier molecular flexibility index (Phi) is 6.12. The monoisotopic (exact) mass is 453 g/mol. The van der Waals surface area contributed by atoms with E-state index in [1.54, 1.807) is 6.08 Å². The molecule has 1 saturated heterocycles. The summed E-state index contributed by atoms with van der Waals surface area (Å²) in [5.74, 6) is -0.792. The van der Waals surface area contributed by atoms with E-state index in [-0.39, 0.29) is 22.6 Å². The second kappa shape index (κ2) is 8.81. The molecule has 31 heavy (non-hydrogen) atoms. The minimum absolute atomic E-state index is 0.0811. The third-order valence-corrected chi connectivity index (χ3v) is 6.56. The molecule has 160 valence electrons. The molecule has 2 amide bonds. The molecule has 5 nitrogen and oxygen atoms in total. The molecule has 0 radical (unpaired) electrons. The van der Waals surface area contributed by atoms with Gasteiger partial charge in [-0.1, -0.05) is 42.8 Å². The van der Waals surface area contributed by atoms with Crippen molar-refractivity contribution in [2.24, 2.45) is 0 Å². The van der Waals surface area contributed by atoms with Crippen LogP contribution in [-0.2, 0) is 22.6 Å². The molecule has 1 N–H and O–H groups in total. The Bertz CT molecular complexity index is 1100. The van der Waals surface area contributed by atoms with E-state index in [1.165, 1.54) is 10.5 Å². The summed E-state index contributed by atoms with van der Waals surface area (Å²) in [4.78, 5) is 29.2. The molecule has 2 aliphatic rings. The minimum atomic E-state index is -0.449. The van der Waals surface area contributed by atoms with E-state index in [0.717, 1.165) is 47.8 Å². The zero-order valence-electron chi connectivity index (χ0n) is 17.5. The summed E-state index contributed by atoms with van der Waals surface area (Å²) in [6, 6.07) is 13.8. The molecule has 0 unspecified atom stereocenters. The van der Waals surface area contributed by atoms with E-state index < -0.39 is 5.91 Å². The molecule has 0 spiro atoms. The van der Waals surface area contributed by atoms with E-state index in [4.69, 9.17) is 23.8 Å². The smallest absolute Gasteiger partial charge is 0.265 e. The van der Waals surface area contributed by atoms with Gasteiger partial charge in [0.2, 0.25) is 0 Å². The molecule has 0 bridgehead atoms. The van der Waals surface area contributed by atoms with Crippen LogP contribution in [0, 0.1) is 0 Å². The fraction of sp³-hybridized carbons (Fsp3) is 0.292. The van der Waals surface area contributed by atoms with Crippen molar-refractivity contribution in [2.75, 3.05) is 11.4 Å². The topological polar surface area (TPSA) is 52.7 Å². The number of carbonyl (C=O) groups is 2. The van der Waals surface area contributed by atoms with Gasteiger partial charge in [-0.25, -0.2) is 0 Å². The maximum atomic E-state index is 13.0. The van der Waals surface area contributed by atoms with E-state index in [1.807, 2.05) is 50.2 Å². The largest absolute Gasteiger partial charge is 0.367 e. The Morgan fingerprint density at radius 2 is 2.00 bits per heavy atom. The van der Waals surface area contributed by atoms with Crippen molar-refractivity contribution in [3.63, 3.8) is 0 Å². The van der Waals surface area contributed by atoms with Gasteiger partial charge in [-0.2, -0.15) is 0 Å². The molecule has 0 aromatic heterocycles. The molecule has 2 aliphatic heterocycles. The molecule has 7 heteroatoms. The third kappa shape index (κ3) is 4.23. The average molecular weight is 454 g/mol. The zero-order valence-corrected chi connectivity index (χ0v) is 19.1. The van der Waals surface area contributed by atoms with Gasteiger partial charge < -0.3 is 4.90 Å². The number of halogens is 1. The molecule has 1 atom stereocenters. The van der Waals surface area contributed by atoms with Crippen LogP contribution >= 0.6 is 23.8 Å². The maximum absolute atomic E-state index is 13.0. The van der Waals surface area contributed by atoms with Crippen molar-refractivity contribution in [1.82, 2.24) is 10.2 Å². The number of carbonyl (C=O) groups excluding carboxylic acids is 2. The summed E-state index contributed by atoms with van der Waals surface area (Å²) < 4.78 is 0. The molecule has 1 fully saturated rings. The van der Waals surface area contributed by atoms with Crippen LogP contribution in [0.2, 0.25) is 5.02 Å². The summed E-state index contributed by atoms with van der Waals surface area (Å²) in [6.07, 6.45) is 3.31. The summed E-state index contributed by atoms with van der Waals surface area (Å²) in [5, 5.41) is 3.58. The van der Waals surface area contributed by atoms with E-state index in [0.29, 0.717) is 0 Å². The normalized spacial score (nSPS) is 18.4. The van der Waals surface area contributed by atoms with Crippen molar-refractivity contribution in [3.05, 3.63) is 69.8 Å². The Hall–Kier alpha value is -2.70. The molecular formula is C24H24ClN3O2S. The van der Waals surface area contributed by atoms with Crippen molar-refractivity contribution >= 4 is 52.5 Å². The maximum Gasteiger partial charge on any atom is 0.265 e. The van der Waals surface area contributed by atoms with Gasteiger partial charge in [0.15, 0.2) is 5.11 Å². The van der Waals surface area contributed by atoms with Gasteiger partial charge in [-0.3, -0.25) is 19.8 Å². The predicted octanol–water partition coefficient (Wildman–Crippen LogP) is 4.33. The van der Waals surface area contributed by atoms with Gasteiger partial charge in [-0.15, -0.1) is 0 Å². The quantitative estimate of drug-likeness (QED) is 0.416. The van der Waals surface area contributed by atoms with E-state index in [2.05, 4.69) is 16.3 Å². The molecule has 4 rings (SSSR count). The first-order valence-electron chi connectivity index (χ1n) is 10.4. The molecule has 2 aromatic rings. The highest BCUT2D eigenvalue weighted by Gasteiger charge is 2.35. The lowest BCUT2D eigenvalue weighted by atomic mass is 10.0. The third-order valence-electron chi connectivity index (χ3n) is 5.89. The first kappa shape index (κ1) is 21.5. The Morgan fingerprint density at radius 3 is 2.74 bits per heavy atom. The second-order valence-electron chi connectivity index (χ2n) is 7.90. The zero-order chi connectivity index (χ0) is 22.1. The highest BCUT2D eigenvalue weighted by Crippen LogP contribution is 2.32. The number of nitrogens with zero attached hydrogens (tertiary/aromatic N) is 2. The number of thiocarbonyl (C=S) groups is 1. The first-order chi connectivity index (χ1) is 14.9. The van der Waals surface area contributed by atoms with Gasteiger partial charge in [0, 0.05) is 29.8 Å². The Morgan fingerprint density at radius 1 is 1.23 bits per heavy atom. The summed E-state index contributed by atoms with van der Waals surface area (Å²) in [5.41, 5.74) is 4.38. The average Bonchev–Trinajstić information content (AvgIpc) is 3.14. The highest BCUT2D eigenvalue weighted by molar-refractivity contribution is 7.80. The van der Waals surface area contributed by atoms with Crippen molar-refractivity contribution in [2.45, 2.75) is 39.3 Å². The molecular weight excluding hydrogens is 430 g/mol. The van der Waals surface area contributed by atoms with Crippen LogP contribution in [0.4, 0.5) is 5.69 Å². The van der Waals surface area contributed by atoms with E-state index in [9.17, 15) is 9.59 Å². The summed E-state index contributed by atoms with van der Waals surface area (Å²) in [6.45, 7) is 5.54. The fourth-order valence-corrected chi connectivity index (χ4v) is 4.55. The first-order valence-corrected chi connectivity index (χ1v) is 11.2. The number of hydrogen-bond donors (Lipinski definition) is 1. The van der Waals surface area contributed by atoms with Crippen LogP contribution in [0.5, 0.6) is 0 Å². The van der Waals surface area contributed by atoms with Crippen molar-refractivity contribution in [1.29, 1.82) is 0 Å². The summed E-state index contributed by atoms with van der Waals surface area (Å²) >= 11 is 11.5. The van der Waals surface area contributed by atoms with Crippen LogP contribution in [0.1, 0.15) is 37.0 Å². The number of nitrogens with one attached hydrogen (secondary N) is 1. The van der Waals surface area contributed by atoms with Crippen LogP contribution < -0.4 is 10.2 Å². The molecule has 0 saturated carbocycles. The lowest BCUT2D eigenvalue weighted by molar-refractivity contribution is -0.130. The van der Waals surface area contributed by atoms with Gasteiger partial charge in [0.25, 0.3) is 11.8 Å².